The van der Waals surface area contributed by atoms with E-state index in [4.69, 9.17) is 23.4 Å². The molecule has 45 heavy (non-hydrogen) atoms. The van der Waals surface area contributed by atoms with Crippen LogP contribution in [0.1, 0.15) is 85.8 Å². The lowest BCUT2D eigenvalue weighted by Crippen LogP contribution is -2.77. The first-order valence-corrected chi connectivity index (χ1v) is 15.3. The zero-order valence-corrected chi connectivity index (χ0v) is 27.1. The fraction of sp³-hybridized carbons (Fsp3) is 0.618. The molecular weight excluding hydrogens is 584 g/mol. The largest absolute Gasteiger partial charge is 0.472 e. The maximum Gasteiger partial charge on any atom is 0.347 e. The van der Waals surface area contributed by atoms with E-state index in [0.717, 1.165) is 19.6 Å². The molecule has 3 fully saturated rings. The molecule has 1 aliphatic heterocycles. The number of hydrogen-bond acceptors (Lipinski definition) is 11. The number of Topliss-reactive ketones (excluding diaryl/α,β-unsaturated/α-hetero) is 1. The molecule has 1 aromatic heterocycles. The number of carbonyl (C=O) groups is 5. The van der Waals surface area contributed by atoms with Crippen LogP contribution in [0.3, 0.4) is 0 Å². The number of rotatable bonds is 6. The Bertz CT molecular complexity index is 1500. The highest BCUT2D eigenvalue weighted by Gasteiger charge is 2.76. The van der Waals surface area contributed by atoms with Crippen LogP contribution in [0.15, 0.2) is 45.8 Å². The Hall–Kier alpha value is -3.73. The fourth-order valence-electron chi connectivity index (χ4n) is 9.09. The number of furan rings is 1. The highest BCUT2D eigenvalue weighted by Crippen LogP contribution is 2.69. The third-order valence-corrected chi connectivity index (χ3v) is 11.1. The number of allylic oxidation sites excluding steroid dienone is 1. The summed E-state index contributed by atoms with van der Waals surface area (Å²) in [5.41, 5.74) is -3.33. The van der Waals surface area contributed by atoms with E-state index in [-0.39, 0.29) is 18.4 Å². The molecule has 244 valence electrons. The second-order valence-electron chi connectivity index (χ2n) is 13.9. The minimum atomic E-state index is -2.22. The molecule has 4 aliphatic rings. The molecule has 0 spiro atoms. The van der Waals surface area contributed by atoms with E-state index in [1.54, 1.807) is 46.8 Å². The first-order valence-electron chi connectivity index (χ1n) is 15.3. The number of ketones is 1. The van der Waals surface area contributed by atoms with Crippen LogP contribution >= 0.6 is 0 Å². The molecule has 11 heteroatoms. The number of ether oxygens (including phenoxy) is 4. The van der Waals surface area contributed by atoms with Crippen LogP contribution < -0.4 is 0 Å². The molecule has 1 aromatic rings. The lowest BCUT2D eigenvalue weighted by Gasteiger charge is -2.66. The Balaban J connectivity index is 1.79. The van der Waals surface area contributed by atoms with Crippen molar-refractivity contribution >= 4 is 29.7 Å². The standard InChI is InChI=1S/C34H42O11/c1-9-17(2)27(37)45-30-31(4,5)25(24(28(38)41-8)43-18(3)35)33(7)21-10-12-32(6)22(20(21)15-34(30,40)29(33)39)14-23(36)44-26(32)19-11-13-42-16-19/h9,11,13,16,21,24-26,30,40H,10,12,14-15H2,1-8H3. The summed E-state index contributed by atoms with van der Waals surface area (Å²) in [6.45, 7) is 11.5. The van der Waals surface area contributed by atoms with Crippen LogP contribution in [0.2, 0.25) is 0 Å². The Morgan fingerprint density at radius 1 is 1.13 bits per heavy atom. The van der Waals surface area contributed by atoms with Crippen molar-refractivity contribution in [3.8, 4) is 0 Å². The highest BCUT2D eigenvalue weighted by molar-refractivity contribution is 5.99. The molecule has 0 amide bonds. The average Bonchev–Trinajstić information content (AvgIpc) is 3.51. The molecule has 2 bridgehead atoms. The lowest BCUT2D eigenvalue weighted by molar-refractivity contribution is -0.247. The fourth-order valence-corrected chi connectivity index (χ4v) is 9.09. The predicted octanol–water partition coefficient (Wildman–Crippen LogP) is 4.33. The normalized spacial score (nSPS) is 36.2. The van der Waals surface area contributed by atoms with Crippen molar-refractivity contribution in [3.63, 3.8) is 0 Å². The number of carbonyl (C=O) groups excluding carboxylic acids is 5. The number of aliphatic hydroxyl groups is 1. The highest BCUT2D eigenvalue weighted by atomic mass is 16.6. The molecule has 8 unspecified atom stereocenters. The molecule has 1 saturated heterocycles. The lowest BCUT2D eigenvalue weighted by atomic mass is 9.39. The Morgan fingerprint density at radius 3 is 2.40 bits per heavy atom. The first kappa shape index (κ1) is 32.7. The summed E-state index contributed by atoms with van der Waals surface area (Å²) in [6, 6.07) is 1.74. The molecule has 11 nitrogen and oxygen atoms in total. The van der Waals surface area contributed by atoms with E-state index < -0.39 is 81.7 Å². The van der Waals surface area contributed by atoms with Crippen LogP contribution in [0.4, 0.5) is 0 Å². The third kappa shape index (κ3) is 4.68. The van der Waals surface area contributed by atoms with Gasteiger partial charge < -0.3 is 28.5 Å². The van der Waals surface area contributed by atoms with E-state index in [0.29, 0.717) is 24.0 Å². The summed E-state index contributed by atoms with van der Waals surface area (Å²) in [4.78, 5) is 67.0. The first-order chi connectivity index (χ1) is 21.0. The molecule has 8 atom stereocenters. The maximum absolute atomic E-state index is 14.8. The van der Waals surface area contributed by atoms with Gasteiger partial charge in [-0.2, -0.15) is 0 Å². The van der Waals surface area contributed by atoms with Crippen LogP contribution in [0.5, 0.6) is 0 Å². The van der Waals surface area contributed by atoms with Crippen LogP contribution in [-0.4, -0.2) is 59.7 Å². The molecule has 0 radical (unpaired) electrons. The topological polar surface area (TPSA) is 156 Å². The van der Waals surface area contributed by atoms with Crippen molar-refractivity contribution in [2.75, 3.05) is 7.11 Å². The molecule has 0 aromatic carbocycles. The number of hydrogen-bond donors (Lipinski definition) is 1. The average molecular weight is 627 g/mol. The predicted molar refractivity (Wildman–Crippen MR) is 157 cm³/mol. The number of methoxy groups -OCH3 is 1. The van der Waals surface area contributed by atoms with Crippen molar-refractivity contribution in [1.29, 1.82) is 0 Å². The van der Waals surface area contributed by atoms with Gasteiger partial charge in [-0.25, -0.2) is 9.59 Å². The van der Waals surface area contributed by atoms with Gasteiger partial charge in [-0.1, -0.05) is 39.3 Å². The SMILES string of the molecule is CC=C(C)C(=O)OC1C2(O)CC3=C4CC(=O)OC(c5ccoc5)C4(C)CCC3C(C)(C2=O)C(C(OC(C)=O)C(=O)OC)C1(C)C. The Morgan fingerprint density at radius 2 is 1.82 bits per heavy atom. The van der Waals surface area contributed by atoms with E-state index in [1.807, 2.05) is 6.92 Å². The van der Waals surface area contributed by atoms with Crippen molar-refractivity contribution < 1.29 is 52.4 Å². The van der Waals surface area contributed by atoms with Gasteiger partial charge in [0.15, 0.2) is 11.4 Å². The van der Waals surface area contributed by atoms with E-state index in [2.05, 4.69) is 0 Å². The molecule has 2 saturated carbocycles. The maximum atomic E-state index is 14.8. The van der Waals surface area contributed by atoms with Gasteiger partial charge in [0.2, 0.25) is 6.10 Å². The molecular formula is C34H42O11. The van der Waals surface area contributed by atoms with E-state index in [9.17, 15) is 29.1 Å². The summed E-state index contributed by atoms with van der Waals surface area (Å²) >= 11 is 0. The van der Waals surface area contributed by atoms with Gasteiger partial charge in [0.1, 0.15) is 12.2 Å². The van der Waals surface area contributed by atoms with Gasteiger partial charge in [0.25, 0.3) is 0 Å². The number of cyclic esters (lactones) is 1. The van der Waals surface area contributed by atoms with Crippen molar-refractivity contribution in [2.24, 2.45) is 28.1 Å². The number of fused-ring (bicyclic) bond motifs is 5. The second-order valence-corrected chi connectivity index (χ2v) is 13.9. The van der Waals surface area contributed by atoms with E-state index in [1.165, 1.54) is 12.5 Å². The quantitative estimate of drug-likeness (QED) is 0.208. The summed E-state index contributed by atoms with van der Waals surface area (Å²) in [7, 11) is 1.16. The van der Waals surface area contributed by atoms with Crippen LogP contribution in [0, 0.1) is 28.1 Å². The summed E-state index contributed by atoms with van der Waals surface area (Å²) in [5, 5.41) is 12.6. The van der Waals surface area contributed by atoms with Gasteiger partial charge in [0.05, 0.1) is 26.1 Å². The summed E-state index contributed by atoms with van der Waals surface area (Å²) < 4.78 is 27.9. The minimum absolute atomic E-state index is 0.0579. The molecule has 1 N–H and O–H groups in total. The zero-order valence-electron chi connectivity index (χ0n) is 27.1. The summed E-state index contributed by atoms with van der Waals surface area (Å²) in [6.07, 6.45) is 1.65. The number of esters is 4. The van der Waals surface area contributed by atoms with Gasteiger partial charge in [-0.3, -0.25) is 14.4 Å². The second kappa shape index (κ2) is 11.0. The third-order valence-electron chi connectivity index (χ3n) is 11.1. The summed E-state index contributed by atoms with van der Waals surface area (Å²) in [5.74, 6) is -5.08. The smallest absolute Gasteiger partial charge is 0.347 e. The monoisotopic (exact) mass is 626 g/mol. The molecule has 5 rings (SSSR count). The zero-order chi connectivity index (χ0) is 33.3. The van der Waals surface area contributed by atoms with Gasteiger partial charge >= 0.3 is 23.9 Å². The van der Waals surface area contributed by atoms with Crippen LogP contribution in [0.25, 0.3) is 0 Å². The van der Waals surface area contributed by atoms with Gasteiger partial charge in [-0.15, -0.1) is 0 Å². The minimum Gasteiger partial charge on any atom is -0.472 e. The van der Waals surface area contributed by atoms with E-state index >= 15 is 0 Å². The van der Waals surface area contributed by atoms with Crippen LogP contribution in [-0.2, 0) is 42.9 Å². The van der Waals surface area contributed by atoms with Crippen molar-refractivity contribution in [3.05, 3.63) is 47.0 Å². The van der Waals surface area contributed by atoms with Crippen molar-refractivity contribution in [1.82, 2.24) is 0 Å². The molecule has 2 heterocycles. The van der Waals surface area contributed by atoms with Crippen molar-refractivity contribution in [2.45, 2.75) is 98.1 Å². The Labute approximate surface area is 262 Å². The Kier molecular flexibility index (Phi) is 7.95. The van der Waals surface area contributed by atoms with Gasteiger partial charge in [-0.05, 0) is 44.2 Å². The van der Waals surface area contributed by atoms with Gasteiger partial charge in [0, 0.05) is 46.6 Å². The molecule has 3 aliphatic carbocycles.